The van der Waals surface area contributed by atoms with Crippen molar-refractivity contribution in [2.75, 3.05) is 26.2 Å². The molecule has 3 rings (SSSR count). The normalized spacial score (nSPS) is 26.2. The highest BCUT2D eigenvalue weighted by Gasteiger charge is 2.33. The maximum atomic E-state index is 12.9. The summed E-state index contributed by atoms with van der Waals surface area (Å²) in [4.78, 5) is 36.8. The lowest BCUT2D eigenvalue weighted by Crippen LogP contribution is -2.53. The summed E-state index contributed by atoms with van der Waals surface area (Å²) in [5.41, 5.74) is 6.48. The summed E-state index contributed by atoms with van der Waals surface area (Å²) >= 11 is 0. The molecule has 1 aromatic rings. The number of likely N-dealkylation sites (tertiary alicyclic amines) is 2. The highest BCUT2D eigenvalue weighted by Crippen LogP contribution is 2.27. The van der Waals surface area contributed by atoms with Crippen molar-refractivity contribution >= 4 is 11.8 Å². The van der Waals surface area contributed by atoms with Gasteiger partial charge in [-0.2, -0.15) is 0 Å². The third-order valence-corrected chi connectivity index (χ3v) is 5.52. The maximum Gasteiger partial charge on any atom is 0.239 e. The molecule has 2 fully saturated rings. The molecule has 0 aromatic carbocycles. The van der Waals surface area contributed by atoms with Crippen LogP contribution in [0, 0.1) is 5.92 Å². The van der Waals surface area contributed by atoms with Gasteiger partial charge in [-0.25, -0.2) is 9.97 Å². The lowest BCUT2D eigenvalue weighted by Gasteiger charge is -2.39. The number of nitrogens with two attached hydrogens (primary N) is 1. The van der Waals surface area contributed by atoms with Gasteiger partial charge in [0.15, 0.2) is 0 Å². The van der Waals surface area contributed by atoms with Crippen LogP contribution in [0.15, 0.2) is 18.6 Å². The van der Waals surface area contributed by atoms with Gasteiger partial charge in [-0.15, -0.1) is 0 Å². The van der Waals surface area contributed by atoms with E-state index in [2.05, 4.69) is 14.9 Å². The number of carbonyl (C=O) groups excluding carboxylic acids is 2. The molecule has 1 aromatic heterocycles. The van der Waals surface area contributed by atoms with Crippen LogP contribution in [0.25, 0.3) is 0 Å². The summed E-state index contributed by atoms with van der Waals surface area (Å²) in [5.74, 6) is -0.0621. The first-order chi connectivity index (χ1) is 12.1. The number of piperidine rings is 2. The molecular weight excluding hydrogens is 318 g/mol. The fraction of sp³-hybridized carbons (Fsp3) is 0.667. The highest BCUT2D eigenvalue weighted by atomic mass is 16.2. The number of amides is 2. The van der Waals surface area contributed by atoms with Crippen LogP contribution in [-0.2, 0) is 9.59 Å². The number of carbonyl (C=O) groups is 2. The summed E-state index contributed by atoms with van der Waals surface area (Å²) in [6.45, 7) is 4.90. The molecule has 7 nitrogen and oxygen atoms in total. The van der Waals surface area contributed by atoms with Crippen LogP contribution in [0.4, 0.5) is 0 Å². The Morgan fingerprint density at radius 3 is 2.76 bits per heavy atom. The van der Waals surface area contributed by atoms with E-state index in [1.54, 1.807) is 12.5 Å². The monoisotopic (exact) mass is 345 g/mol. The first kappa shape index (κ1) is 17.8. The van der Waals surface area contributed by atoms with Gasteiger partial charge in [0, 0.05) is 37.4 Å². The van der Waals surface area contributed by atoms with Crippen molar-refractivity contribution in [2.24, 2.45) is 11.7 Å². The van der Waals surface area contributed by atoms with Crippen molar-refractivity contribution in [3.63, 3.8) is 0 Å². The predicted molar refractivity (Wildman–Crippen MR) is 93.5 cm³/mol. The predicted octanol–water partition coefficient (Wildman–Crippen LogP) is 0.768. The average molecular weight is 345 g/mol. The van der Waals surface area contributed by atoms with Gasteiger partial charge in [-0.05, 0) is 45.2 Å². The van der Waals surface area contributed by atoms with Gasteiger partial charge in [0.2, 0.25) is 11.8 Å². The zero-order valence-electron chi connectivity index (χ0n) is 14.8. The summed E-state index contributed by atoms with van der Waals surface area (Å²) in [7, 11) is 0. The topological polar surface area (TPSA) is 92.4 Å². The van der Waals surface area contributed by atoms with Gasteiger partial charge < -0.3 is 10.6 Å². The van der Waals surface area contributed by atoms with Gasteiger partial charge in [0.05, 0.1) is 12.0 Å². The Labute approximate surface area is 148 Å². The second kappa shape index (κ2) is 7.91. The van der Waals surface area contributed by atoms with Crippen molar-refractivity contribution in [3.05, 3.63) is 24.3 Å². The van der Waals surface area contributed by atoms with Gasteiger partial charge >= 0.3 is 0 Å². The second-order valence-corrected chi connectivity index (χ2v) is 7.17. The third-order valence-electron chi connectivity index (χ3n) is 5.52. The number of hydrogen-bond donors (Lipinski definition) is 1. The number of rotatable bonds is 4. The summed E-state index contributed by atoms with van der Waals surface area (Å²) in [6.07, 6.45) is 7.12. The minimum atomic E-state index is -0.299. The van der Waals surface area contributed by atoms with E-state index in [0.717, 1.165) is 51.0 Å². The first-order valence-electron chi connectivity index (χ1n) is 9.14. The molecule has 25 heavy (non-hydrogen) atoms. The molecule has 2 amide bonds. The molecule has 3 heterocycles. The molecule has 2 aliphatic heterocycles. The fourth-order valence-electron chi connectivity index (χ4n) is 3.97. The first-order valence-corrected chi connectivity index (χ1v) is 9.14. The van der Waals surface area contributed by atoms with Crippen LogP contribution in [0.1, 0.15) is 44.2 Å². The van der Waals surface area contributed by atoms with Gasteiger partial charge in [-0.1, -0.05) is 0 Å². The lowest BCUT2D eigenvalue weighted by atomic mass is 9.93. The quantitative estimate of drug-likeness (QED) is 0.870. The van der Waals surface area contributed by atoms with E-state index < -0.39 is 0 Å². The Balaban J connectivity index is 1.62. The van der Waals surface area contributed by atoms with Crippen LogP contribution in [0.2, 0.25) is 0 Å². The molecule has 3 unspecified atom stereocenters. The molecule has 0 aliphatic carbocycles. The van der Waals surface area contributed by atoms with Crippen LogP contribution in [0.3, 0.4) is 0 Å². The summed E-state index contributed by atoms with van der Waals surface area (Å²) < 4.78 is 0. The van der Waals surface area contributed by atoms with Crippen molar-refractivity contribution in [1.29, 1.82) is 0 Å². The van der Waals surface area contributed by atoms with E-state index in [9.17, 15) is 9.59 Å². The van der Waals surface area contributed by atoms with E-state index in [1.807, 2.05) is 17.9 Å². The van der Waals surface area contributed by atoms with Gasteiger partial charge in [0.25, 0.3) is 0 Å². The van der Waals surface area contributed by atoms with Crippen molar-refractivity contribution < 1.29 is 9.59 Å². The maximum absolute atomic E-state index is 12.9. The van der Waals surface area contributed by atoms with Crippen molar-refractivity contribution in [2.45, 2.75) is 44.6 Å². The molecule has 2 aliphatic rings. The number of nitrogens with zero attached hydrogens (tertiary/aromatic N) is 4. The van der Waals surface area contributed by atoms with E-state index in [0.29, 0.717) is 12.5 Å². The minimum Gasteiger partial charge on any atom is -0.369 e. The Morgan fingerprint density at radius 1 is 1.24 bits per heavy atom. The van der Waals surface area contributed by atoms with Gasteiger partial charge in [-0.3, -0.25) is 14.5 Å². The summed E-state index contributed by atoms with van der Waals surface area (Å²) in [5, 5.41) is 0. The molecule has 2 saturated heterocycles. The zero-order chi connectivity index (χ0) is 17.8. The lowest BCUT2D eigenvalue weighted by molar-refractivity contribution is -0.140. The Hall–Kier alpha value is -2.02. The highest BCUT2D eigenvalue weighted by molar-refractivity contribution is 5.83. The Kier molecular flexibility index (Phi) is 5.63. The minimum absolute atomic E-state index is 0.106. The number of hydrogen-bond acceptors (Lipinski definition) is 5. The van der Waals surface area contributed by atoms with Crippen molar-refractivity contribution in [1.82, 2.24) is 19.8 Å². The molecule has 7 heteroatoms. The molecular formula is C18H27N5O2. The molecule has 0 saturated carbocycles. The fourth-order valence-corrected chi connectivity index (χ4v) is 3.97. The van der Waals surface area contributed by atoms with E-state index in [4.69, 9.17) is 5.73 Å². The SMILES string of the molecule is CC(C(=O)N1CCCC(C(N)=O)C1)N1CCCC(c2ccncn2)C1. The standard InChI is InChI=1S/C18H27N5O2/c1-13(18(25)23-9-3-5-15(11-23)17(19)24)22-8-2-4-14(10-22)16-6-7-20-12-21-16/h6-7,12-15H,2-5,8-11H2,1H3,(H2,19,24). The Morgan fingerprint density at radius 2 is 2.04 bits per heavy atom. The van der Waals surface area contributed by atoms with Crippen LogP contribution < -0.4 is 5.73 Å². The van der Waals surface area contributed by atoms with E-state index in [-0.39, 0.29) is 23.8 Å². The van der Waals surface area contributed by atoms with Crippen LogP contribution in [0.5, 0.6) is 0 Å². The third kappa shape index (κ3) is 4.15. The number of aromatic nitrogens is 2. The average Bonchev–Trinajstić information content (AvgIpc) is 2.67. The largest absolute Gasteiger partial charge is 0.369 e. The molecule has 0 bridgehead atoms. The van der Waals surface area contributed by atoms with E-state index in [1.165, 1.54) is 0 Å². The molecule has 0 spiro atoms. The number of primary amides is 1. The van der Waals surface area contributed by atoms with E-state index >= 15 is 0 Å². The Bertz CT molecular complexity index is 609. The molecule has 3 atom stereocenters. The smallest absolute Gasteiger partial charge is 0.239 e. The summed E-state index contributed by atoms with van der Waals surface area (Å²) in [6, 6.07) is 1.78. The zero-order valence-corrected chi connectivity index (χ0v) is 14.8. The van der Waals surface area contributed by atoms with Gasteiger partial charge in [0.1, 0.15) is 6.33 Å². The molecule has 136 valence electrons. The van der Waals surface area contributed by atoms with Crippen molar-refractivity contribution in [3.8, 4) is 0 Å². The van der Waals surface area contributed by atoms with Crippen LogP contribution in [-0.4, -0.2) is 63.8 Å². The molecule has 0 radical (unpaired) electrons. The molecule has 2 N–H and O–H groups in total. The van der Waals surface area contributed by atoms with Crippen LogP contribution >= 0.6 is 0 Å². The second-order valence-electron chi connectivity index (χ2n) is 7.17.